The maximum atomic E-state index is 12.1. The second-order valence-corrected chi connectivity index (χ2v) is 6.96. The summed E-state index contributed by atoms with van der Waals surface area (Å²) in [6.07, 6.45) is 2.41. The Labute approximate surface area is 109 Å². The third-order valence-electron chi connectivity index (χ3n) is 3.73. The van der Waals surface area contributed by atoms with Crippen LogP contribution >= 0.6 is 0 Å². The highest BCUT2D eigenvalue weighted by atomic mass is 16.4. The number of amides is 1. The Morgan fingerprint density at radius 3 is 2.11 bits per heavy atom. The van der Waals surface area contributed by atoms with Gasteiger partial charge in [0.1, 0.15) is 0 Å². The fraction of sp³-hybridized carbons (Fsp3) is 0.857. The highest BCUT2D eigenvalue weighted by Crippen LogP contribution is 2.32. The van der Waals surface area contributed by atoms with E-state index in [0.717, 1.165) is 25.9 Å². The van der Waals surface area contributed by atoms with Crippen LogP contribution in [0.4, 0.5) is 0 Å². The molecule has 0 saturated carbocycles. The maximum absolute atomic E-state index is 12.1. The topological polar surface area (TPSA) is 57.6 Å². The standard InChI is InChI=1S/C14H25NO3/c1-13(2)5-7-15(8-6-13)11(16)9-14(3,4)10-12(17)18/h5-10H2,1-4H3,(H,17,18). The van der Waals surface area contributed by atoms with Crippen molar-refractivity contribution in [2.75, 3.05) is 13.1 Å². The second kappa shape index (κ2) is 5.29. The molecule has 1 saturated heterocycles. The van der Waals surface area contributed by atoms with Gasteiger partial charge in [-0.1, -0.05) is 27.7 Å². The van der Waals surface area contributed by atoms with Crippen molar-refractivity contribution >= 4 is 11.9 Å². The molecule has 1 amide bonds. The lowest BCUT2D eigenvalue weighted by molar-refractivity contribution is -0.141. The van der Waals surface area contributed by atoms with Gasteiger partial charge in [-0.25, -0.2) is 0 Å². The minimum atomic E-state index is -0.840. The molecule has 0 aromatic rings. The van der Waals surface area contributed by atoms with E-state index in [-0.39, 0.29) is 12.3 Å². The third-order valence-corrected chi connectivity index (χ3v) is 3.73. The quantitative estimate of drug-likeness (QED) is 0.839. The number of aliphatic carboxylic acids is 1. The van der Waals surface area contributed by atoms with Crippen molar-refractivity contribution in [3.63, 3.8) is 0 Å². The van der Waals surface area contributed by atoms with Gasteiger partial charge in [0.2, 0.25) is 5.91 Å². The molecule has 1 rings (SSSR count). The third kappa shape index (κ3) is 4.67. The van der Waals surface area contributed by atoms with Gasteiger partial charge >= 0.3 is 5.97 Å². The van der Waals surface area contributed by atoms with Crippen LogP contribution in [-0.2, 0) is 9.59 Å². The monoisotopic (exact) mass is 255 g/mol. The molecular formula is C14H25NO3. The molecular weight excluding hydrogens is 230 g/mol. The molecule has 1 aliphatic heterocycles. The zero-order valence-corrected chi connectivity index (χ0v) is 12.0. The van der Waals surface area contributed by atoms with Crippen LogP contribution in [0.25, 0.3) is 0 Å². The average Bonchev–Trinajstić information content (AvgIpc) is 2.13. The Hall–Kier alpha value is -1.06. The fourth-order valence-corrected chi connectivity index (χ4v) is 2.35. The molecule has 104 valence electrons. The predicted molar refractivity (Wildman–Crippen MR) is 70.2 cm³/mol. The molecule has 18 heavy (non-hydrogen) atoms. The summed E-state index contributed by atoms with van der Waals surface area (Å²) >= 11 is 0. The summed E-state index contributed by atoms with van der Waals surface area (Å²) in [5, 5.41) is 8.82. The number of hydrogen-bond acceptors (Lipinski definition) is 2. The Kier molecular flexibility index (Phi) is 4.41. The molecule has 4 nitrogen and oxygen atoms in total. The largest absolute Gasteiger partial charge is 0.481 e. The Morgan fingerprint density at radius 2 is 1.67 bits per heavy atom. The van der Waals surface area contributed by atoms with E-state index in [2.05, 4.69) is 13.8 Å². The normalized spacial score (nSPS) is 19.7. The Bertz CT molecular complexity index is 324. The van der Waals surface area contributed by atoms with Crippen LogP contribution in [0.2, 0.25) is 0 Å². The SMILES string of the molecule is CC1(C)CCN(C(=O)CC(C)(C)CC(=O)O)CC1. The van der Waals surface area contributed by atoms with Gasteiger partial charge in [0.15, 0.2) is 0 Å². The van der Waals surface area contributed by atoms with Gasteiger partial charge in [-0.05, 0) is 23.7 Å². The lowest BCUT2D eigenvalue weighted by atomic mass is 9.81. The highest BCUT2D eigenvalue weighted by Gasteiger charge is 2.31. The van der Waals surface area contributed by atoms with E-state index in [9.17, 15) is 9.59 Å². The van der Waals surface area contributed by atoms with E-state index in [1.165, 1.54) is 0 Å². The summed E-state index contributed by atoms with van der Waals surface area (Å²) in [7, 11) is 0. The molecule has 0 radical (unpaired) electrons. The van der Waals surface area contributed by atoms with Crippen LogP contribution in [0.3, 0.4) is 0 Å². The van der Waals surface area contributed by atoms with E-state index in [0.29, 0.717) is 11.8 Å². The van der Waals surface area contributed by atoms with E-state index < -0.39 is 11.4 Å². The van der Waals surface area contributed by atoms with Crippen LogP contribution < -0.4 is 0 Å². The van der Waals surface area contributed by atoms with Crippen molar-refractivity contribution in [1.82, 2.24) is 4.90 Å². The fourth-order valence-electron chi connectivity index (χ4n) is 2.35. The number of carbonyl (C=O) groups is 2. The minimum absolute atomic E-state index is 0.0398. The average molecular weight is 255 g/mol. The van der Waals surface area contributed by atoms with Crippen LogP contribution in [0.1, 0.15) is 53.4 Å². The zero-order chi connectivity index (χ0) is 14.0. The molecule has 1 N–H and O–H groups in total. The lowest BCUT2D eigenvalue weighted by Gasteiger charge is -2.38. The minimum Gasteiger partial charge on any atom is -0.481 e. The summed E-state index contributed by atoms with van der Waals surface area (Å²) in [5.74, 6) is -0.746. The molecule has 1 heterocycles. The first-order valence-corrected chi connectivity index (χ1v) is 6.61. The summed E-state index contributed by atoms with van der Waals surface area (Å²) in [5.41, 5.74) is -0.136. The molecule has 0 unspecified atom stereocenters. The Balaban J connectivity index is 2.49. The number of piperidine rings is 1. The number of carboxylic acids is 1. The van der Waals surface area contributed by atoms with Gasteiger partial charge in [-0.15, -0.1) is 0 Å². The summed E-state index contributed by atoms with van der Waals surface area (Å²) in [4.78, 5) is 24.8. The molecule has 0 spiro atoms. The summed E-state index contributed by atoms with van der Waals surface area (Å²) in [6.45, 7) is 9.73. The highest BCUT2D eigenvalue weighted by molar-refractivity contribution is 5.78. The number of nitrogens with zero attached hydrogens (tertiary/aromatic N) is 1. The predicted octanol–water partition coefficient (Wildman–Crippen LogP) is 2.53. The first-order chi connectivity index (χ1) is 8.11. The van der Waals surface area contributed by atoms with E-state index in [1.807, 2.05) is 18.7 Å². The van der Waals surface area contributed by atoms with Crippen molar-refractivity contribution < 1.29 is 14.7 Å². The number of rotatable bonds is 4. The first-order valence-electron chi connectivity index (χ1n) is 6.61. The van der Waals surface area contributed by atoms with Crippen LogP contribution in [0.15, 0.2) is 0 Å². The van der Waals surface area contributed by atoms with E-state index in [4.69, 9.17) is 5.11 Å². The molecule has 0 aliphatic carbocycles. The van der Waals surface area contributed by atoms with Gasteiger partial charge in [0, 0.05) is 19.5 Å². The smallest absolute Gasteiger partial charge is 0.303 e. The van der Waals surface area contributed by atoms with Crippen molar-refractivity contribution in [3.8, 4) is 0 Å². The number of likely N-dealkylation sites (tertiary alicyclic amines) is 1. The summed E-state index contributed by atoms with van der Waals surface area (Å²) < 4.78 is 0. The van der Waals surface area contributed by atoms with Gasteiger partial charge in [-0.3, -0.25) is 9.59 Å². The van der Waals surface area contributed by atoms with Crippen molar-refractivity contribution in [2.45, 2.75) is 53.4 Å². The summed E-state index contributed by atoms with van der Waals surface area (Å²) in [6, 6.07) is 0. The van der Waals surface area contributed by atoms with Gasteiger partial charge in [0.25, 0.3) is 0 Å². The van der Waals surface area contributed by atoms with E-state index >= 15 is 0 Å². The van der Waals surface area contributed by atoms with Crippen molar-refractivity contribution in [2.24, 2.45) is 10.8 Å². The molecule has 1 fully saturated rings. The van der Waals surface area contributed by atoms with Gasteiger partial charge < -0.3 is 10.0 Å². The lowest BCUT2D eigenvalue weighted by Crippen LogP contribution is -2.42. The number of carboxylic acid groups (broad SMARTS) is 1. The van der Waals surface area contributed by atoms with Gasteiger partial charge in [0.05, 0.1) is 6.42 Å². The Morgan fingerprint density at radius 1 is 1.17 bits per heavy atom. The zero-order valence-electron chi connectivity index (χ0n) is 12.0. The van der Waals surface area contributed by atoms with Crippen LogP contribution in [-0.4, -0.2) is 35.0 Å². The van der Waals surface area contributed by atoms with Crippen LogP contribution in [0, 0.1) is 10.8 Å². The number of carbonyl (C=O) groups excluding carboxylic acids is 1. The molecule has 0 bridgehead atoms. The molecule has 0 atom stereocenters. The van der Waals surface area contributed by atoms with Crippen molar-refractivity contribution in [1.29, 1.82) is 0 Å². The first kappa shape index (κ1) is 15.0. The molecule has 0 aromatic heterocycles. The molecule has 1 aliphatic rings. The second-order valence-electron chi connectivity index (χ2n) is 6.96. The number of hydrogen-bond donors (Lipinski definition) is 1. The van der Waals surface area contributed by atoms with Crippen molar-refractivity contribution in [3.05, 3.63) is 0 Å². The molecule has 0 aromatic carbocycles. The van der Waals surface area contributed by atoms with E-state index in [1.54, 1.807) is 0 Å². The molecule has 4 heteroatoms. The van der Waals surface area contributed by atoms with Gasteiger partial charge in [-0.2, -0.15) is 0 Å². The van der Waals surface area contributed by atoms with Crippen LogP contribution in [0.5, 0.6) is 0 Å². The maximum Gasteiger partial charge on any atom is 0.303 e.